The van der Waals surface area contributed by atoms with Gasteiger partial charge in [0.15, 0.2) is 0 Å². The first-order valence-electron chi connectivity index (χ1n) is 6.15. The van der Waals surface area contributed by atoms with Crippen LogP contribution in [0.2, 0.25) is 0 Å². The molecule has 0 amide bonds. The lowest BCUT2D eigenvalue weighted by Gasteiger charge is -2.03. The van der Waals surface area contributed by atoms with Crippen molar-refractivity contribution >= 4 is 0 Å². The molecule has 2 rings (SSSR count). The molecule has 0 saturated carbocycles. The van der Waals surface area contributed by atoms with E-state index >= 15 is 0 Å². The lowest BCUT2D eigenvalue weighted by atomic mass is 10.2. The number of nitrogens with one attached hydrogen (secondary N) is 1. The van der Waals surface area contributed by atoms with Crippen molar-refractivity contribution < 1.29 is 4.74 Å². The fourth-order valence-corrected chi connectivity index (χ4v) is 1.56. The summed E-state index contributed by atoms with van der Waals surface area (Å²) in [5.74, 6) is 6.76. The van der Waals surface area contributed by atoms with E-state index in [1.807, 2.05) is 49.5 Å². The van der Waals surface area contributed by atoms with E-state index in [4.69, 9.17) is 4.74 Å². The zero-order valence-electron chi connectivity index (χ0n) is 10.9. The SMILES string of the molecule is CNCc1ccc(OCC#Cc2ccccc2)cn1. The highest BCUT2D eigenvalue weighted by atomic mass is 16.5. The number of rotatable bonds is 4. The standard InChI is InChI=1S/C16H16N2O/c1-17-12-15-9-10-16(13-18-15)19-11-5-8-14-6-3-2-4-7-14/h2-4,6-7,9-10,13,17H,11-12H2,1H3. The predicted molar refractivity (Wildman–Crippen MR) is 75.8 cm³/mol. The van der Waals surface area contributed by atoms with Crippen molar-refractivity contribution in [1.82, 2.24) is 10.3 Å². The predicted octanol–water partition coefficient (Wildman–Crippen LogP) is 2.23. The normalized spacial score (nSPS) is 9.53. The fraction of sp³-hybridized carbons (Fsp3) is 0.188. The Kier molecular flexibility index (Phi) is 4.97. The largest absolute Gasteiger partial charge is 0.479 e. The molecule has 0 radical (unpaired) electrons. The molecule has 3 heteroatoms. The quantitative estimate of drug-likeness (QED) is 0.847. The molecule has 19 heavy (non-hydrogen) atoms. The summed E-state index contributed by atoms with van der Waals surface area (Å²) in [6.07, 6.45) is 1.72. The van der Waals surface area contributed by atoms with E-state index in [2.05, 4.69) is 22.1 Å². The van der Waals surface area contributed by atoms with Gasteiger partial charge in [-0.25, -0.2) is 0 Å². The highest BCUT2D eigenvalue weighted by molar-refractivity contribution is 5.33. The number of benzene rings is 1. The molecule has 1 heterocycles. The molecular weight excluding hydrogens is 236 g/mol. The average Bonchev–Trinajstić information content (AvgIpc) is 2.47. The second-order valence-electron chi connectivity index (χ2n) is 3.97. The molecule has 2 aromatic rings. The van der Waals surface area contributed by atoms with Gasteiger partial charge in [-0.2, -0.15) is 0 Å². The Morgan fingerprint density at radius 1 is 1.16 bits per heavy atom. The molecule has 1 aromatic carbocycles. The first-order chi connectivity index (χ1) is 9.38. The van der Waals surface area contributed by atoms with Crippen molar-refractivity contribution in [3.63, 3.8) is 0 Å². The van der Waals surface area contributed by atoms with Crippen molar-refractivity contribution in [2.45, 2.75) is 6.54 Å². The first-order valence-corrected chi connectivity index (χ1v) is 6.15. The summed E-state index contributed by atoms with van der Waals surface area (Å²) in [7, 11) is 1.89. The summed E-state index contributed by atoms with van der Waals surface area (Å²) in [4.78, 5) is 4.27. The van der Waals surface area contributed by atoms with Crippen LogP contribution in [0.1, 0.15) is 11.3 Å². The van der Waals surface area contributed by atoms with Crippen molar-refractivity contribution in [2.75, 3.05) is 13.7 Å². The van der Waals surface area contributed by atoms with Gasteiger partial charge in [0, 0.05) is 12.1 Å². The molecule has 0 bridgehead atoms. The van der Waals surface area contributed by atoms with Gasteiger partial charge in [-0.3, -0.25) is 4.98 Å². The molecular formula is C16H16N2O. The number of aromatic nitrogens is 1. The Hall–Kier alpha value is -2.31. The van der Waals surface area contributed by atoms with Gasteiger partial charge in [0.25, 0.3) is 0 Å². The zero-order chi connectivity index (χ0) is 13.3. The van der Waals surface area contributed by atoms with Crippen molar-refractivity contribution in [3.05, 3.63) is 59.9 Å². The van der Waals surface area contributed by atoms with Gasteiger partial charge in [-0.15, -0.1) is 0 Å². The second kappa shape index (κ2) is 7.20. The zero-order valence-corrected chi connectivity index (χ0v) is 10.9. The second-order valence-corrected chi connectivity index (χ2v) is 3.97. The van der Waals surface area contributed by atoms with E-state index in [0.717, 1.165) is 23.6 Å². The number of pyridine rings is 1. The third kappa shape index (κ3) is 4.46. The van der Waals surface area contributed by atoms with Crippen LogP contribution < -0.4 is 10.1 Å². The van der Waals surface area contributed by atoms with Crippen LogP contribution in [0.15, 0.2) is 48.7 Å². The molecule has 3 nitrogen and oxygen atoms in total. The third-order valence-electron chi connectivity index (χ3n) is 2.47. The molecule has 0 unspecified atom stereocenters. The van der Waals surface area contributed by atoms with E-state index in [1.54, 1.807) is 6.20 Å². The van der Waals surface area contributed by atoms with Crippen LogP contribution in [0.4, 0.5) is 0 Å². The maximum absolute atomic E-state index is 5.50. The topological polar surface area (TPSA) is 34.1 Å². The van der Waals surface area contributed by atoms with Gasteiger partial charge in [-0.1, -0.05) is 30.0 Å². The molecule has 0 spiro atoms. The minimum absolute atomic E-state index is 0.363. The average molecular weight is 252 g/mol. The molecule has 96 valence electrons. The van der Waals surface area contributed by atoms with E-state index < -0.39 is 0 Å². The first kappa shape index (κ1) is 13.1. The van der Waals surface area contributed by atoms with Gasteiger partial charge < -0.3 is 10.1 Å². The molecule has 0 saturated heterocycles. The highest BCUT2D eigenvalue weighted by Crippen LogP contribution is 2.08. The molecule has 0 aliphatic heterocycles. The molecule has 1 aromatic heterocycles. The smallest absolute Gasteiger partial charge is 0.149 e. The van der Waals surface area contributed by atoms with Gasteiger partial charge >= 0.3 is 0 Å². The van der Waals surface area contributed by atoms with Crippen LogP contribution in [0.5, 0.6) is 5.75 Å². The Morgan fingerprint density at radius 2 is 2.00 bits per heavy atom. The molecule has 0 aliphatic rings. The van der Waals surface area contributed by atoms with Crippen molar-refractivity contribution in [3.8, 4) is 17.6 Å². The summed E-state index contributed by atoms with van der Waals surface area (Å²) in [6, 6.07) is 13.7. The summed E-state index contributed by atoms with van der Waals surface area (Å²) in [6.45, 7) is 1.12. The van der Waals surface area contributed by atoms with Crippen LogP contribution in [-0.2, 0) is 6.54 Å². The Balaban J connectivity index is 1.84. The number of hydrogen-bond acceptors (Lipinski definition) is 3. The lowest BCUT2D eigenvalue weighted by Crippen LogP contribution is -2.06. The minimum Gasteiger partial charge on any atom is -0.479 e. The fourth-order valence-electron chi connectivity index (χ4n) is 1.56. The van der Waals surface area contributed by atoms with Gasteiger partial charge in [0.05, 0.1) is 11.9 Å². The Labute approximate surface area is 113 Å². The Bertz CT molecular complexity index is 553. The van der Waals surface area contributed by atoms with Crippen LogP contribution in [-0.4, -0.2) is 18.6 Å². The maximum atomic E-state index is 5.50. The Morgan fingerprint density at radius 3 is 2.68 bits per heavy atom. The van der Waals surface area contributed by atoms with E-state index in [-0.39, 0.29) is 0 Å². The maximum Gasteiger partial charge on any atom is 0.149 e. The van der Waals surface area contributed by atoms with Crippen LogP contribution in [0.3, 0.4) is 0 Å². The van der Waals surface area contributed by atoms with Crippen LogP contribution in [0.25, 0.3) is 0 Å². The van der Waals surface area contributed by atoms with E-state index in [9.17, 15) is 0 Å². The minimum atomic E-state index is 0.363. The summed E-state index contributed by atoms with van der Waals surface area (Å²) in [5, 5.41) is 3.05. The molecule has 0 aliphatic carbocycles. The highest BCUT2D eigenvalue weighted by Gasteiger charge is 1.94. The number of hydrogen-bond donors (Lipinski definition) is 1. The summed E-state index contributed by atoms with van der Waals surface area (Å²) >= 11 is 0. The molecule has 1 N–H and O–H groups in total. The molecule has 0 atom stereocenters. The van der Waals surface area contributed by atoms with Gasteiger partial charge in [0.1, 0.15) is 12.4 Å². The summed E-state index contributed by atoms with van der Waals surface area (Å²) < 4.78 is 5.50. The number of ether oxygens (including phenoxy) is 1. The van der Waals surface area contributed by atoms with E-state index in [0.29, 0.717) is 6.61 Å². The van der Waals surface area contributed by atoms with Crippen molar-refractivity contribution in [2.24, 2.45) is 0 Å². The van der Waals surface area contributed by atoms with Crippen LogP contribution in [0, 0.1) is 11.8 Å². The lowest BCUT2D eigenvalue weighted by molar-refractivity contribution is 0.368. The molecule has 0 fully saturated rings. The van der Waals surface area contributed by atoms with Crippen molar-refractivity contribution in [1.29, 1.82) is 0 Å². The summed E-state index contributed by atoms with van der Waals surface area (Å²) in [5.41, 5.74) is 1.99. The van der Waals surface area contributed by atoms with E-state index in [1.165, 1.54) is 0 Å². The van der Waals surface area contributed by atoms with Gasteiger partial charge in [-0.05, 0) is 31.3 Å². The number of nitrogens with zero attached hydrogens (tertiary/aromatic N) is 1. The third-order valence-corrected chi connectivity index (χ3v) is 2.47. The van der Waals surface area contributed by atoms with Gasteiger partial charge in [0.2, 0.25) is 0 Å². The monoisotopic (exact) mass is 252 g/mol. The van der Waals surface area contributed by atoms with Crippen LogP contribution >= 0.6 is 0 Å².